The molecule has 0 aliphatic carbocycles. The third-order valence-electron chi connectivity index (χ3n) is 3.78. The van der Waals surface area contributed by atoms with Crippen LogP contribution in [0.15, 0.2) is 18.2 Å². The average Bonchev–Trinajstić information content (AvgIpc) is 2.42. The Labute approximate surface area is 114 Å². The van der Waals surface area contributed by atoms with Gasteiger partial charge in [0.25, 0.3) is 0 Å². The maximum Gasteiger partial charge on any atom is 0.337 e. The molecule has 0 spiro atoms. The van der Waals surface area contributed by atoms with Gasteiger partial charge in [-0.05, 0) is 51.9 Å². The Morgan fingerprint density at radius 2 is 2.11 bits per heavy atom. The van der Waals surface area contributed by atoms with Crippen LogP contribution in [0.1, 0.15) is 35.7 Å². The van der Waals surface area contributed by atoms with Crippen molar-refractivity contribution in [2.45, 2.75) is 32.7 Å². The van der Waals surface area contributed by atoms with Crippen LogP contribution in [0.2, 0.25) is 0 Å². The van der Waals surface area contributed by atoms with Crippen molar-refractivity contribution in [3.63, 3.8) is 0 Å². The van der Waals surface area contributed by atoms with Crippen LogP contribution in [0.5, 0.6) is 0 Å². The molecule has 2 rings (SSSR count). The molecule has 4 heteroatoms. The van der Waals surface area contributed by atoms with Crippen molar-refractivity contribution >= 4 is 11.7 Å². The Bertz CT molecular complexity index is 453. The summed E-state index contributed by atoms with van der Waals surface area (Å²) < 4.78 is 0. The molecule has 0 aromatic heterocycles. The first kappa shape index (κ1) is 13.9. The van der Waals surface area contributed by atoms with Crippen LogP contribution in [-0.4, -0.2) is 36.8 Å². The van der Waals surface area contributed by atoms with Gasteiger partial charge < -0.3 is 15.3 Å². The third kappa shape index (κ3) is 3.07. The molecule has 2 N–H and O–H groups in total. The zero-order chi connectivity index (χ0) is 13.8. The number of benzene rings is 1. The SMILES string of the molecule is CCN(c1ccc(C)cc1C(=O)O)C1CCNCC1. The molecule has 19 heavy (non-hydrogen) atoms. The van der Waals surface area contributed by atoms with Gasteiger partial charge in [0.2, 0.25) is 0 Å². The fourth-order valence-electron chi connectivity index (χ4n) is 2.82. The first-order valence-electron chi connectivity index (χ1n) is 6.94. The van der Waals surface area contributed by atoms with Gasteiger partial charge in [0, 0.05) is 12.6 Å². The van der Waals surface area contributed by atoms with Crippen molar-refractivity contribution in [3.05, 3.63) is 29.3 Å². The van der Waals surface area contributed by atoms with E-state index < -0.39 is 5.97 Å². The van der Waals surface area contributed by atoms with Crippen molar-refractivity contribution in [1.82, 2.24) is 5.32 Å². The molecule has 0 amide bonds. The second-order valence-electron chi connectivity index (χ2n) is 5.09. The summed E-state index contributed by atoms with van der Waals surface area (Å²) in [5, 5.41) is 12.7. The fraction of sp³-hybridized carbons (Fsp3) is 0.533. The predicted molar refractivity (Wildman–Crippen MR) is 77.1 cm³/mol. The minimum atomic E-state index is -0.842. The van der Waals surface area contributed by atoms with Crippen LogP contribution >= 0.6 is 0 Å². The molecule has 0 saturated carbocycles. The van der Waals surface area contributed by atoms with Crippen LogP contribution in [0.4, 0.5) is 5.69 Å². The van der Waals surface area contributed by atoms with E-state index in [1.54, 1.807) is 6.07 Å². The summed E-state index contributed by atoms with van der Waals surface area (Å²) >= 11 is 0. The van der Waals surface area contributed by atoms with E-state index in [0.29, 0.717) is 11.6 Å². The summed E-state index contributed by atoms with van der Waals surface area (Å²) in [6.45, 7) is 6.88. The highest BCUT2D eigenvalue weighted by atomic mass is 16.4. The highest BCUT2D eigenvalue weighted by Gasteiger charge is 2.23. The van der Waals surface area contributed by atoms with Gasteiger partial charge in [-0.2, -0.15) is 0 Å². The normalized spacial score (nSPS) is 16.3. The second-order valence-corrected chi connectivity index (χ2v) is 5.09. The van der Waals surface area contributed by atoms with E-state index in [9.17, 15) is 9.90 Å². The molecule has 104 valence electrons. The highest BCUT2D eigenvalue weighted by molar-refractivity contribution is 5.94. The number of rotatable bonds is 4. The Hall–Kier alpha value is -1.55. The van der Waals surface area contributed by atoms with Crippen LogP contribution in [-0.2, 0) is 0 Å². The van der Waals surface area contributed by atoms with E-state index in [-0.39, 0.29) is 0 Å². The van der Waals surface area contributed by atoms with Gasteiger partial charge in [-0.15, -0.1) is 0 Å². The molecule has 0 unspecified atom stereocenters. The first-order chi connectivity index (χ1) is 9.13. The lowest BCUT2D eigenvalue weighted by molar-refractivity contribution is 0.0697. The maximum atomic E-state index is 11.4. The topological polar surface area (TPSA) is 52.6 Å². The number of nitrogens with one attached hydrogen (secondary N) is 1. The lowest BCUT2D eigenvalue weighted by Gasteiger charge is -2.36. The summed E-state index contributed by atoms with van der Waals surface area (Å²) in [5.74, 6) is -0.842. The van der Waals surface area contributed by atoms with Crippen molar-refractivity contribution < 1.29 is 9.90 Å². The van der Waals surface area contributed by atoms with Crippen LogP contribution in [0.3, 0.4) is 0 Å². The molecule has 0 bridgehead atoms. The lowest BCUT2D eigenvalue weighted by Crippen LogP contribution is -2.43. The molecule has 1 heterocycles. The van der Waals surface area contributed by atoms with Gasteiger partial charge in [0.15, 0.2) is 0 Å². The minimum Gasteiger partial charge on any atom is -0.478 e. The lowest BCUT2D eigenvalue weighted by atomic mass is 10.0. The standard InChI is InChI=1S/C15H22N2O2/c1-3-17(12-6-8-16-9-7-12)14-5-4-11(2)10-13(14)15(18)19/h4-5,10,12,16H,3,6-9H2,1-2H3,(H,18,19). The van der Waals surface area contributed by atoms with Gasteiger partial charge in [-0.25, -0.2) is 4.79 Å². The molecular weight excluding hydrogens is 240 g/mol. The van der Waals surface area contributed by atoms with E-state index in [1.165, 1.54) is 0 Å². The third-order valence-corrected chi connectivity index (χ3v) is 3.78. The number of hydrogen-bond donors (Lipinski definition) is 2. The fourth-order valence-corrected chi connectivity index (χ4v) is 2.82. The summed E-state index contributed by atoms with van der Waals surface area (Å²) in [6.07, 6.45) is 2.14. The van der Waals surface area contributed by atoms with Gasteiger partial charge in [0.05, 0.1) is 11.3 Å². The predicted octanol–water partition coefficient (Wildman–Crippen LogP) is 2.27. The molecule has 0 atom stereocenters. The number of anilines is 1. The van der Waals surface area contributed by atoms with E-state index >= 15 is 0 Å². The molecule has 0 radical (unpaired) electrons. The van der Waals surface area contributed by atoms with Crippen LogP contribution in [0, 0.1) is 6.92 Å². The van der Waals surface area contributed by atoms with Crippen molar-refractivity contribution in [2.75, 3.05) is 24.5 Å². The first-order valence-corrected chi connectivity index (χ1v) is 6.94. The highest BCUT2D eigenvalue weighted by Crippen LogP contribution is 2.26. The number of hydrogen-bond acceptors (Lipinski definition) is 3. The quantitative estimate of drug-likeness (QED) is 0.874. The molecule has 1 aliphatic rings. The molecule has 1 aromatic carbocycles. The summed E-state index contributed by atoms with van der Waals surface area (Å²) in [4.78, 5) is 13.7. The summed E-state index contributed by atoms with van der Waals surface area (Å²) in [7, 11) is 0. The number of aryl methyl sites for hydroxylation is 1. The minimum absolute atomic E-state index is 0.417. The maximum absolute atomic E-state index is 11.4. The van der Waals surface area contributed by atoms with Crippen molar-refractivity contribution in [3.8, 4) is 0 Å². The number of nitrogens with zero attached hydrogens (tertiary/aromatic N) is 1. The summed E-state index contributed by atoms with van der Waals surface area (Å²) in [5.41, 5.74) is 2.26. The van der Waals surface area contributed by atoms with Gasteiger partial charge in [0.1, 0.15) is 0 Å². The Balaban J connectivity index is 2.34. The van der Waals surface area contributed by atoms with Gasteiger partial charge in [-0.3, -0.25) is 0 Å². The molecular formula is C15H22N2O2. The Kier molecular flexibility index (Phi) is 4.43. The summed E-state index contributed by atoms with van der Waals surface area (Å²) in [6, 6.07) is 6.14. The van der Waals surface area contributed by atoms with Gasteiger partial charge in [-0.1, -0.05) is 11.6 Å². The number of carboxylic acids is 1. The van der Waals surface area contributed by atoms with Crippen LogP contribution < -0.4 is 10.2 Å². The van der Waals surface area contributed by atoms with E-state index in [1.807, 2.05) is 19.1 Å². The van der Waals surface area contributed by atoms with E-state index in [4.69, 9.17) is 0 Å². The molecule has 1 fully saturated rings. The Morgan fingerprint density at radius 1 is 1.42 bits per heavy atom. The second kappa shape index (κ2) is 6.06. The van der Waals surface area contributed by atoms with E-state index in [0.717, 1.165) is 43.7 Å². The molecule has 1 aliphatic heterocycles. The number of carbonyl (C=O) groups is 1. The van der Waals surface area contributed by atoms with Crippen molar-refractivity contribution in [2.24, 2.45) is 0 Å². The zero-order valence-corrected chi connectivity index (χ0v) is 11.6. The van der Waals surface area contributed by atoms with Gasteiger partial charge >= 0.3 is 5.97 Å². The smallest absolute Gasteiger partial charge is 0.337 e. The van der Waals surface area contributed by atoms with E-state index in [2.05, 4.69) is 17.1 Å². The number of piperidine rings is 1. The largest absolute Gasteiger partial charge is 0.478 e. The monoisotopic (exact) mass is 262 g/mol. The van der Waals surface area contributed by atoms with Crippen LogP contribution in [0.25, 0.3) is 0 Å². The zero-order valence-electron chi connectivity index (χ0n) is 11.6. The average molecular weight is 262 g/mol. The Morgan fingerprint density at radius 3 is 2.68 bits per heavy atom. The molecule has 1 saturated heterocycles. The molecule has 4 nitrogen and oxygen atoms in total. The number of aromatic carboxylic acids is 1. The molecule has 1 aromatic rings. The number of carboxylic acid groups (broad SMARTS) is 1. The van der Waals surface area contributed by atoms with Crippen molar-refractivity contribution in [1.29, 1.82) is 0 Å².